The molecule has 0 unspecified atom stereocenters. The molecule has 0 aromatic rings. The monoisotopic (exact) mass is 396 g/mol. The summed E-state index contributed by atoms with van der Waals surface area (Å²) < 4.78 is 4.64. The van der Waals surface area contributed by atoms with Crippen LogP contribution >= 0.6 is 0 Å². The fraction of sp³-hybridized carbons (Fsp3) is 0.833. The molecule has 0 aromatic carbocycles. The molecule has 0 amide bonds. The van der Waals surface area contributed by atoms with Crippen molar-refractivity contribution in [1.82, 2.24) is 0 Å². The molecule has 0 bridgehead atoms. The van der Waals surface area contributed by atoms with E-state index in [2.05, 4.69) is 11.7 Å². The summed E-state index contributed by atoms with van der Waals surface area (Å²) in [6, 6.07) is 0. The Morgan fingerprint density at radius 2 is 1.18 bits per heavy atom. The highest BCUT2D eigenvalue weighted by molar-refractivity contribution is 5.98. The van der Waals surface area contributed by atoms with Gasteiger partial charge < -0.3 is 9.84 Å². The first-order valence-corrected chi connectivity index (χ1v) is 11.5. The standard InChI is InChI=1S/C24H44O4/c1-4-5-6-7-8-9-10-11-12-13-14-15-16-17-18-19-20-22(24(27)28-3)23(26)21(2)25/h20,23,26H,4-19H2,1-3H3/b22-20-/t23-/m0/s1. The molecule has 0 fully saturated rings. The molecule has 0 aromatic heterocycles. The number of carbonyl (C=O) groups excluding carboxylic acids is 2. The molecule has 4 heteroatoms. The van der Waals surface area contributed by atoms with Crippen molar-refractivity contribution in [2.45, 2.75) is 123 Å². The minimum atomic E-state index is -1.37. The number of hydrogen-bond donors (Lipinski definition) is 1. The van der Waals surface area contributed by atoms with Gasteiger partial charge in [-0.1, -0.05) is 103 Å². The number of hydrogen-bond acceptors (Lipinski definition) is 4. The number of esters is 1. The molecule has 0 aliphatic rings. The van der Waals surface area contributed by atoms with Crippen LogP contribution in [0.2, 0.25) is 0 Å². The van der Waals surface area contributed by atoms with Crippen LogP contribution in [-0.2, 0) is 14.3 Å². The van der Waals surface area contributed by atoms with Gasteiger partial charge in [0.25, 0.3) is 0 Å². The summed E-state index contributed by atoms with van der Waals surface area (Å²) in [6.45, 7) is 3.54. The Hall–Kier alpha value is -1.16. The molecule has 4 nitrogen and oxygen atoms in total. The van der Waals surface area contributed by atoms with E-state index < -0.39 is 17.9 Å². The summed E-state index contributed by atoms with van der Waals surface area (Å²) in [4.78, 5) is 22.9. The molecule has 0 saturated carbocycles. The van der Waals surface area contributed by atoms with E-state index in [1.54, 1.807) is 6.08 Å². The number of aliphatic hydroxyl groups excluding tert-OH is 1. The van der Waals surface area contributed by atoms with Crippen molar-refractivity contribution >= 4 is 11.8 Å². The van der Waals surface area contributed by atoms with Gasteiger partial charge >= 0.3 is 5.97 Å². The lowest BCUT2D eigenvalue weighted by Crippen LogP contribution is -2.25. The predicted molar refractivity (Wildman–Crippen MR) is 116 cm³/mol. The normalized spacial score (nSPS) is 12.8. The number of unbranched alkanes of at least 4 members (excludes halogenated alkanes) is 15. The first-order chi connectivity index (χ1) is 13.5. The van der Waals surface area contributed by atoms with Gasteiger partial charge in [0.15, 0.2) is 5.78 Å². The lowest BCUT2D eigenvalue weighted by atomic mass is 10.0. The quantitative estimate of drug-likeness (QED) is 0.158. The molecule has 1 N–H and O–H groups in total. The fourth-order valence-corrected chi connectivity index (χ4v) is 3.42. The molecule has 0 aliphatic carbocycles. The fourth-order valence-electron chi connectivity index (χ4n) is 3.42. The Balaban J connectivity index is 3.58. The molecule has 164 valence electrons. The highest BCUT2D eigenvalue weighted by Gasteiger charge is 2.22. The predicted octanol–water partition coefficient (Wildman–Crippen LogP) is 6.30. The summed E-state index contributed by atoms with van der Waals surface area (Å²) in [6.07, 6.45) is 20.7. The van der Waals surface area contributed by atoms with Crippen molar-refractivity contribution in [2.24, 2.45) is 0 Å². The zero-order valence-corrected chi connectivity index (χ0v) is 18.6. The van der Waals surface area contributed by atoms with E-state index in [1.165, 1.54) is 97.5 Å². The topological polar surface area (TPSA) is 63.6 Å². The molecule has 0 saturated heterocycles. The SMILES string of the molecule is CCCCCCCCCCCCCCCCC/C=C(\C(=O)OC)[C@@H](O)C(C)=O. The van der Waals surface area contributed by atoms with Gasteiger partial charge in [0.1, 0.15) is 6.10 Å². The van der Waals surface area contributed by atoms with Crippen LogP contribution in [0.4, 0.5) is 0 Å². The number of ether oxygens (including phenoxy) is 1. The maximum atomic E-state index is 11.6. The third-order valence-electron chi connectivity index (χ3n) is 5.27. The first kappa shape index (κ1) is 26.8. The van der Waals surface area contributed by atoms with Gasteiger partial charge in [0, 0.05) is 0 Å². The molecular formula is C24H44O4. The van der Waals surface area contributed by atoms with Gasteiger partial charge in [-0.25, -0.2) is 4.79 Å². The highest BCUT2D eigenvalue weighted by atomic mass is 16.5. The van der Waals surface area contributed by atoms with Crippen LogP contribution < -0.4 is 0 Å². The summed E-state index contributed by atoms with van der Waals surface area (Å²) in [5, 5.41) is 9.79. The molecule has 0 heterocycles. The third kappa shape index (κ3) is 14.8. The van der Waals surface area contributed by atoms with Crippen LogP contribution in [0.5, 0.6) is 0 Å². The van der Waals surface area contributed by atoms with Gasteiger partial charge in [0.05, 0.1) is 12.7 Å². The molecule has 28 heavy (non-hydrogen) atoms. The average molecular weight is 397 g/mol. The van der Waals surface area contributed by atoms with E-state index in [-0.39, 0.29) is 5.57 Å². The van der Waals surface area contributed by atoms with Crippen molar-refractivity contribution < 1.29 is 19.4 Å². The van der Waals surface area contributed by atoms with Crippen LogP contribution in [0.25, 0.3) is 0 Å². The summed E-state index contributed by atoms with van der Waals surface area (Å²) >= 11 is 0. The van der Waals surface area contributed by atoms with Crippen molar-refractivity contribution in [2.75, 3.05) is 7.11 Å². The summed E-state index contributed by atoms with van der Waals surface area (Å²) in [5.74, 6) is -1.06. The highest BCUT2D eigenvalue weighted by Crippen LogP contribution is 2.15. The molecular weight excluding hydrogens is 352 g/mol. The molecule has 0 rings (SSSR count). The van der Waals surface area contributed by atoms with Crippen molar-refractivity contribution in [1.29, 1.82) is 0 Å². The third-order valence-corrected chi connectivity index (χ3v) is 5.27. The van der Waals surface area contributed by atoms with E-state index in [0.29, 0.717) is 6.42 Å². The Morgan fingerprint density at radius 1 is 0.786 bits per heavy atom. The number of ketones is 1. The zero-order chi connectivity index (χ0) is 21.0. The summed E-state index contributed by atoms with van der Waals surface area (Å²) in [7, 11) is 1.26. The lowest BCUT2D eigenvalue weighted by molar-refractivity contribution is -0.139. The first-order valence-electron chi connectivity index (χ1n) is 11.5. The van der Waals surface area contributed by atoms with Gasteiger partial charge in [-0.3, -0.25) is 4.79 Å². The Labute approximate surface area is 173 Å². The van der Waals surface area contributed by atoms with Crippen molar-refractivity contribution in [3.05, 3.63) is 11.6 Å². The second kappa shape index (κ2) is 19.2. The molecule has 0 spiro atoms. The Bertz CT molecular complexity index is 428. The van der Waals surface area contributed by atoms with E-state index in [0.717, 1.165) is 12.8 Å². The number of methoxy groups -OCH3 is 1. The lowest BCUT2D eigenvalue weighted by Gasteiger charge is -2.10. The number of carbonyl (C=O) groups is 2. The van der Waals surface area contributed by atoms with Gasteiger partial charge in [-0.15, -0.1) is 0 Å². The maximum Gasteiger partial charge on any atom is 0.336 e. The smallest absolute Gasteiger partial charge is 0.336 e. The van der Waals surface area contributed by atoms with Crippen LogP contribution in [0.15, 0.2) is 11.6 Å². The van der Waals surface area contributed by atoms with E-state index in [9.17, 15) is 14.7 Å². The van der Waals surface area contributed by atoms with Crippen LogP contribution in [0, 0.1) is 0 Å². The van der Waals surface area contributed by atoms with Crippen molar-refractivity contribution in [3.63, 3.8) is 0 Å². The number of aliphatic hydroxyl groups is 1. The number of allylic oxidation sites excluding steroid dienone is 1. The average Bonchev–Trinajstić information content (AvgIpc) is 2.69. The molecule has 0 aliphatic heterocycles. The van der Waals surface area contributed by atoms with E-state index >= 15 is 0 Å². The summed E-state index contributed by atoms with van der Waals surface area (Å²) in [5.41, 5.74) is 0.0698. The second-order valence-corrected chi connectivity index (χ2v) is 7.90. The van der Waals surface area contributed by atoms with Crippen LogP contribution in [0.1, 0.15) is 117 Å². The van der Waals surface area contributed by atoms with Gasteiger partial charge in [0.2, 0.25) is 0 Å². The Morgan fingerprint density at radius 3 is 1.54 bits per heavy atom. The maximum absolute atomic E-state index is 11.6. The van der Waals surface area contributed by atoms with Gasteiger partial charge in [-0.2, -0.15) is 0 Å². The Kier molecular flexibility index (Phi) is 18.4. The zero-order valence-electron chi connectivity index (χ0n) is 18.6. The number of rotatable bonds is 19. The minimum Gasteiger partial charge on any atom is -0.466 e. The number of Topliss-reactive ketones (excluding diaryl/α,β-unsaturated/α-hetero) is 1. The van der Waals surface area contributed by atoms with Crippen LogP contribution in [-0.4, -0.2) is 30.1 Å². The minimum absolute atomic E-state index is 0.0698. The largest absolute Gasteiger partial charge is 0.466 e. The van der Waals surface area contributed by atoms with E-state index in [1.807, 2.05) is 0 Å². The molecule has 1 atom stereocenters. The van der Waals surface area contributed by atoms with Crippen LogP contribution in [0.3, 0.4) is 0 Å². The van der Waals surface area contributed by atoms with E-state index in [4.69, 9.17) is 0 Å². The van der Waals surface area contributed by atoms with Crippen molar-refractivity contribution in [3.8, 4) is 0 Å². The van der Waals surface area contributed by atoms with Gasteiger partial charge in [-0.05, 0) is 19.8 Å². The molecule has 0 radical (unpaired) electrons. The second-order valence-electron chi connectivity index (χ2n) is 7.90.